The number of methoxy groups -OCH3 is 1. The van der Waals surface area contributed by atoms with Crippen molar-refractivity contribution in [2.24, 2.45) is 0 Å². The van der Waals surface area contributed by atoms with E-state index in [9.17, 15) is 14.0 Å². The third-order valence-electron chi connectivity index (χ3n) is 5.65. The van der Waals surface area contributed by atoms with Crippen LogP contribution < -0.4 is 10.3 Å². The van der Waals surface area contributed by atoms with Crippen molar-refractivity contribution in [1.82, 2.24) is 19.4 Å². The predicted molar refractivity (Wildman–Crippen MR) is 130 cm³/mol. The van der Waals surface area contributed by atoms with Crippen LogP contribution in [0.25, 0.3) is 0 Å². The number of hydrogen-bond acceptors (Lipinski definition) is 5. The monoisotopic (exact) mass is 466 g/mol. The second kappa shape index (κ2) is 11.6. The summed E-state index contributed by atoms with van der Waals surface area (Å²) in [4.78, 5) is 35.1. The Morgan fingerprint density at radius 2 is 1.76 bits per heavy atom. The SMILES string of the molecule is CCC(c1ncc(OC)c(=O)n1Cc1ccccc1)N(CCN(C)C)C(=O)c1ccc(F)cc1. The molecular weight excluding hydrogens is 435 g/mol. The summed E-state index contributed by atoms with van der Waals surface area (Å²) in [7, 11) is 5.29. The fraction of sp³-hybridized carbons (Fsp3) is 0.346. The van der Waals surface area contributed by atoms with Gasteiger partial charge in [0.25, 0.3) is 11.5 Å². The van der Waals surface area contributed by atoms with Gasteiger partial charge in [0, 0.05) is 18.7 Å². The lowest BCUT2D eigenvalue weighted by molar-refractivity contribution is 0.0641. The highest BCUT2D eigenvalue weighted by Crippen LogP contribution is 2.25. The fourth-order valence-electron chi connectivity index (χ4n) is 3.82. The Kier molecular flexibility index (Phi) is 8.54. The number of amides is 1. The second-order valence-electron chi connectivity index (χ2n) is 8.29. The van der Waals surface area contributed by atoms with Crippen LogP contribution in [-0.2, 0) is 6.54 Å². The normalized spacial score (nSPS) is 11.9. The van der Waals surface area contributed by atoms with Gasteiger partial charge >= 0.3 is 0 Å². The van der Waals surface area contributed by atoms with E-state index in [2.05, 4.69) is 4.98 Å². The van der Waals surface area contributed by atoms with Gasteiger partial charge in [0.15, 0.2) is 0 Å². The van der Waals surface area contributed by atoms with Gasteiger partial charge in [-0.25, -0.2) is 9.37 Å². The summed E-state index contributed by atoms with van der Waals surface area (Å²) in [5, 5.41) is 0. The summed E-state index contributed by atoms with van der Waals surface area (Å²) in [6, 6.07) is 14.6. The highest BCUT2D eigenvalue weighted by Gasteiger charge is 2.29. The third-order valence-corrected chi connectivity index (χ3v) is 5.65. The van der Waals surface area contributed by atoms with E-state index in [0.717, 1.165) is 5.56 Å². The van der Waals surface area contributed by atoms with Gasteiger partial charge < -0.3 is 14.5 Å². The van der Waals surface area contributed by atoms with Crippen LogP contribution >= 0.6 is 0 Å². The van der Waals surface area contributed by atoms with Gasteiger partial charge in [-0.1, -0.05) is 37.3 Å². The van der Waals surface area contributed by atoms with Gasteiger partial charge in [-0.2, -0.15) is 0 Å². The number of halogens is 1. The summed E-state index contributed by atoms with van der Waals surface area (Å²) in [6.07, 6.45) is 1.95. The Balaban J connectivity index is 2.09. The third kappa shape index (κ3) is 5.88. The molecule has 0 N–H and O–H groups in total. The van der Waals surface area contributed by atoms with Crippen molar-refractivity contribution in [2.45, 2.75) is 25.9 Å². The zero-order valence-corrected chi connectivity index (χ0v) is 20.1. The minimum atomic E-state index is -0.472. The minimum absolute atomic E-state index is 0.138. The van der Waals surface area contributed by atoms with E-state index in [1.165, 1.54) is 37.6 Å². The van der Waals surface area contributed by atoms with Crippen molar-refractivity contribution in [2.75, 3.05) is 34.3 Å². The summed E-state index contributed by atoms with van der Waals surface area (Å²) in [5.41, 5.74) is 1.00. The number of aromatic nitrogens is 2. The molecule has 0 fully saturated rings. The average Bonchev–Trinajstić information content (AvgIpc) is 2.84. The molecule has 1 amide bonds. The number of hydrogen-bond donors (Lipinski definition) is 0. The molecule has 1 aromatic heterocycles. The molecule has 7 nitrogen and oxygen atoms in total. The molecule has 2 aromatic carbocycles. The molecule has 1 atom stereocenters. The first kappa shape index (κ1) is 25.1. The van der Waals surface area contributed by atoms with Crippen molar-refractivity contribution in [3.05, 3.63) is 93.9 Å². The van der Waals surface area contributed by atoms with Crippen LogP contribution in [0.15, 0.2) is 65.6 Å². The highest BCUT2D eigenvalue weighted by molar-refractivity contribution is 5.94. The lowest BCUT2D eigenvalue weighted by Crippen LogP contribution is -2.42. The maximum Gasteiger partial charge on any atom is 0.296 e. The Bertz CT molecular complexity index is 1150. The van der Waals surface area contributed by atoms with E-state index in [-0.39, 0.29) is 17.2 Å². The molecule has 1 unspecified atom stereocenters. The lowest BCUT2D eigenvalue weighted by atomic mass is 10.1. The number of rotatable bonds is 10. The Morgan fingerprint density at radius 1 is 1.09 bits per heavy atom. The Hall–Kier alpha value is -3.52. The van der Waals surface area contributed by atoms with E-state index in [0.29, 0.717) is 37.4 Å². The van der Waals surface area contributed by atoms with Crippen LogP contribution in [-0.4, -0.2) is 59.6 Å². The van der Waals surface area contributed by atoms with Crippen LogP contribution in [0, 0.1) is 5.82 Å². The molecule has 0 radical (unpaired) electrons. The average molecular weight is 467 g/mol. The number of carbonyl (C=O) groups excluding carboxylic acids is 1. The first-order valence-corrected chi connectivity index (χ1v) is 11.2. The predicted octanol–water partition coefficient (Wildman–Crippen LogP) is 3.59. The second-order valence-corrected chi connectivity index (χ2v) is 8.29. The van der Waals surface area contributed by atoms with E-state index in [1.807, 2.05) is 56.3 Å². The molecule has 0 saturated heterocycles. The van der Waals surface area contributed by atoms with Gasteiger partial charge in [0.1, 0.15) is 11.6 Å². The number of carbonyl (C=O) groups is 1. The molecule has 34 heavy (non-hydrogen) atoms. The van der Waals surface area contributed by atoms with Gasteiger partial charge in [-0.05, 0) is 50.3 Å². The lowest BCUT2D eigenvalue weighted by Gasteiger charge is -2.33. The molecule has 3 rings (SSSR count). The van der Waals surface area contributed by atoms with Crippen LogP contribution in [0.4, 0.5) is 4.39 Å². The largest absolute Gasteiger partial charge is 0.490 e. The van der Waals surface area contributed by atoms with Gasteiger partial charge in [0.05, 0.1) is 25.9 Å². The molecule has 0 aliphatic heterocycles. The first-order chi connectivity index (χ1) is 16.3. The molecule has 0 aliphatic carbocycles. The van der Waals surface area contributed by atoms with E-state index in [1.54, 1.807) is 9.47 Å². The molecule has 180 valence electrons. The van der Waals surface area contributed by atoms with Crippen molar-refractivity contribution in [3.63, 3.8) is 0 Å². The summed E-state index contributed by atoms with van der Waals surface area (Å²) < 4.78 is 20.3. The molecule has 0 aliphatic rings. The van der Waals surface area contributed by atoms with Crippen molar-refractivity contribution < 1.29 is 13.9 Å². The van der Waals surface area contributed by atoms with Gasteiger partial charge in [0.2, 0.25) is 5.75 Å². The molecular formula is C26H31FN4O3. The molecule has 0 saturated carbocycles. The topological polar surface area (TPSA) is 67.7 Å². The number of ether oxygens (including phenoxy) is 1. The molecule has 1 heterocycles. The Labute approximate surface area is 199 Å². The van der Waals surface area contributed by atoms with Gasteiger partial charge in [-0.3, -0.25) is 14.2 Å². The Morgan fingerprint density at radius 3 is 2.35 bits per heavy atom. The van der Waals surface area contributed by atoms with Crippen LogP contribution in [0.5, 0.6) is 5.75 Å². The van der Waals surface area contributed by atoms with Crippen molar-refractivity contribution in [3.8, 4) is 5.75 Å². The molecule has 8 heteroatoms. The van der Waals surface area contributed by atoms with E-state index >= 15 is 0 Å². The number of nitrogens with zero attached hydrogens (tertiary/aromatic N) is 4. The van der Waals surface area contributed by atoms with Crippen LogP contribution in [0.3, 0.4) is 0 Å². The number of benzene rings is 2. The van der Waals surface area contributed by atoms with E-state index < -0.39 is 11.9 Å². The highest BCUT2D eigenvalue weighted by atomic mass is 19.1. The minimum Gasteiger partial charge on any atom is -0.490 e. The zero-order chi connectivity index (χ0) is 24.7. The van der Waals surface area contributed by atoms with Crippen molar-refractivity contribution >= 4 is 5.91 Å². The maximum absolute atomic E-state index is 13.6. The zero-order valence-electron chi connectivity index (χ0n) is 20.1. The summed E-state index contributed by atoms with van der Waals surface area (Å²) >= 11 is 0. The van der Waals surface area contributed by atoms with Crippen LogP contribution in [0.2, 0.25) is 0 Å². The molecule has 3 aromatic rings. The number of likely N-dealkylation sites (N-methyl/N-ethyl adjacent to an activating group) is 1. The molecule has 0 spiro atoms. The smallest absolute Gasteiger partial charge is 0.296 e. The van der Waals surface area contributed by atoms with Crippen molar-refractivity contribution in [1.29, 1.82) is 0 Å². The van der Waals surface area contributed by atoms with Crippen LogP contribution in [0.1, 0.15) is 41.1 Å². The fourth-order valence-corrected chi connectivity index (χ4v) is 3.82. The quantitative estimate of drug-likeness (QED) is 0.457. The summed E-state index contributed by atoms with van der Waals surface area (Å²) in [5.74, 6) is -0.0346. The van der Waals surface area contributed by atoms with Gasteiger partial charge in [-0.15, -0.1) is 0 Å². The first-order valence-electron chi connectivity index (χ1n) is 11.2. The standard InChI is InChI=1S/C26H31FN4O3/c1-5-22(30(16-15-29(2)3)25(32)20-11-13-21(27)14-12-20)24-28-17-23(34-4)26(33)31(24)18-19-9-7-6-8-10-19/h6-14,17,22H,5,15-16,18H2,1-4H3. The molecule has 0 bridgehead atoms. The maximum atomic E-state index is 13.6. The summed E-state index contributed by atoms with van der Waals surface area (Å²) in [6.45, 7) is 3.27. The van der Waals surface area contributed by atoms with E-state index in [4.69, 9.17) is 4.74 Å².